The summed E-state index contributed by atoms with van der Waals surface area (Å²) in [4.78, 5) is 14.6. The highest BCUT2D eigenvalue weighted by molar-refractivity contribution is 5.79. The van der Waals surface area contributed by atoms with Crippen LogP contribution in [0.1, 0.15) is 113 Å². The van der Waals surface area contributed by atoms with E-state index in [1.165, 1.54) is 5.57 Å². The third kappa shape index (κ3) is 7.58. The number of aliphatic hydroxyl groups is 10. The van der Waals surface area contributed by atoms with Gasteiger partial charge >= 0.3 is 5.97 Å². The van der Waals surface area contributed by atoms with E-state index in [0.717, 1.165) is 44.9 Å². The highest BCUT2D eigenvalue weighted by Crippen LogP contribution is 2.76. The van der Waals surface area contributed by atoms with E-state index in [1.807, 2.05) is 0 Å². The number of aliphatic hydroxyl groups excluding tert-OH is 10. The van der Waals surface area contributed by atoms with Gasteiger partial charge in [0.25, 0.3) is 0 Å². The van der Waals surface area contributed by atoms with Crippen molar-refractivity contribution in [2.75, 3.05) is 19.8 Å². The number of rotatable bonds is 8. The zero-order chi connectivity index (χ0) is 46.7. The molecule has 0 amide bonds. The minimum Gasteiger partial charge on any atom is -0.432 e. The topological polar surface area (TPSA) is 275 Å². The predicted octanol–water partition coefficient (Wildman–Crippen LogP) is 0.780. The summed E-state index contributed by atoms with van der Waals surface area (Å²) in [5, 5.41) is 105. The lowest BCUT2D eigenvalue weighted by atomic mass is 9.33. The van der Waals surface area contributed by atoms with Gasteiger partial charge in [0, 0.05) is 0 Å². The first-order valence-electron chi connectivity index (χ1n) is 23.7. The molecular formula is C47H76O17. The predicted molar refractivity (Wildman–Crippen MR) is 224 cm³/mol. The Bertz CT molecular complexity index is 1740. The summed E-state index contributed by atoms with van der Waals surface area (Å²) in [6.45, 7) is 14.7. The van der Waals surface area contributed by atoms with Crippen molar-refractivity contribution in [2.45, 2.75) is 205 Å². The molecule has 0 bridgehead atoms. The summed E-state index contributed by atoms with van der Waals surface area (Å²) >= 11 is 0. The number of esters is 1. The molecule has 17 nitrogen and oxygen atoms in total. The van der Waals surface area contributed by atoms with Gasteiger partial charge in [-0.1, -0.05) is 60.1 Å². The quantitative estimate of drug-likeness (QED) is 0.0916. The van der Waals surface area contributed by atoms with E-state index in [1.54, 1.807) is 0 Å². The van der Waals surface area contributed by atoms with Crippen LogP contribution < -0.4 is 0 Å². The Hall–Kier alpha value is -1.39. The minimum atomic E-state index is -1.72. The molecule has 3 saturated heterocycles. The van der Waals surface area contributed by atoms with Crippen molar-refractivity contribution in [2.24, 2.45) is 50.2 Å². The molecule has 0 spiro atoms. The van der Waals surface area contributed by atoms with Gasteiger partial charge < -0.3 is 79.5 Å². The van der Waals surface area contributed by atoms with E-state index in [0.29, 0.717) is 25.2 Å². The Morgan fingerprint density at radius 3 is 1.92 bits per heavy atom. The van der Waals surface area contributed by atoms with Crippen LogP contribution in [0.3, 0.4) is 0 Å². The van der Waals surface area contributed by atoms with Crippen LogP contribution in [0.4, 0.5) is 0 Å². The SMILES string of the molecule is CC1(C)CC[C@]2(C(=O)O[C@@H]3O[C@H](CO)[C@@H](O)[C@H](O)[C@H]3O)CC[C@]3(C)C(=CC[C@@H]4[C@@]5(C)CC[C@H](O[C@@H]6OC[C@H](O)[C@H](O[C@@H]7O[C@H](CO)[C@H](O)[C@H](O)[C@H]7O)[C@H]6O)C(C)(C)C5CC[C@]43C)[C@@H]2C1. The molecule has 1 unspecified atom stereocenters. The summed E-state index contributed by atoms with van der Waals surface area (Å²) in [7, 11) is 0. The maximum atomic E-state index is 14.6. The molecule has 22 atom stereocenters. The first-order chi connectivity index (χ1) is 29.9. The van der Waals surface area contributed by atoms with E-state index >= 15 is 0 Å². The molecule has 8 rings (SSSR count). The second-order valence-corrected chi connectivity index (χ2v) is 23.0. The molecule has 64 heavy (non-hydrogen) atoms. The highest BCUT2D eigenvalue weighted by atomic mass is 16.7. The lowest BCUT2D eigenvalue weighted by molar-refractivity contribution is -0.357. The Labute approximate surface area is 376 Å². The summed E-state index contributed by atoms with van der Waals surface area (Å²) in [6, 6.07) is 0. The van der Waals surface area contributed by atoms with Gasteiger partial charge in [-0.3, -0.25) is 4.79 Å². The van der Waals surface area contributed by atoms with E-state index in [2.05, 4.69) is 54.5 Å². The second-order valence-electron chi connectivity index (χ2n) is 23.0. The molecule has 5 aliphatic carbocycles. The molecule has 0 aromatic rings. The van der Waals surface area contributed by atoms with E-state index in [-0.39, 0.29) is 51.6 Å². The summed E-state index contributed by atoms with van der Waals surface area (Å²) < 4.78 is 35.6. The number of allylic oxidation sites excluding steroid dienone is 2. The molecule has 3 heterocycles. The van der Waals surface area contributed by atoms with Crippen molar-refractivity contribution >= 4 is 5.97 Å². The average molecular weight is 913 g/mol. The van der Waals surface area contributed by atoms with Gasteiger partial charge in [-0.25, -0.2) is 0 Å². The van der Waals surface area contributed by atoms with Crippen molar-refractivity contribution in [1.29, 1.82) is 0 Å². The summed E-state index contributed by atoms with van der Waals surface area (Å²) in [5.74, 6) is -0.0598. The molecule has 4 saturated carbocycles. The van der Waals surface area contributed by atoms with Crippen LogP contribution in [0.25, 0.3) is 0 Å². The minimum absolute atomic E-state index is 0.0414. The van der Waals surface area contributed by atoms with Crippen LogP contribution in [0, 0.1) is 50.2 Å². The highest BCUT2D eigenvalue weighted by Gasteiger charge is 2.70. The van der Waals surface area contributed by atoms with E-state index < -0.39 is 111 Å². The van der Waals surface area contributed by atoms with Crippen LogP contribution in [0.15, 0.2) is 11.6 Å². The van der Waals surface area contributed by atoms with E-state index in [4.69, 9.17) is 28.4 Å². The molecule has 17 heteroatoms. The molecule has 0 aromatic heterocycles. The van der Waals surface area contributed by atoms with Gasteiger partial charge in [-0.15, -0.1) is 0 Å². The maximum absolute atomic E-state index is 14.6. The number of carbonyl (C=O) groups is 1. The molecule has 10 N–H and O–H groups in total. The van der Waals surface area contributed by atoms with Crippen molar-refractivity contribution in [3.05, 3.63) is 11.6 Å². The van der Waals surface area contributed by atoms with Crippen molar-refractivity contribution in [1.82, 2.24) is 0 Å². The largest absolute Gasteiger partial charge is 0.432 e. The maximum Gasteiger partial charge on any atom is 0.315 e. The Balaban J connectivity index is 1.01. The van der Waals surface area contributed by atoms with Crippen LogP contribution in [-0.2, 0) is 33.2 Å². The number of fused-ring (bicyclic) bond motifs is 7. The first kappa shape index (κ1) is 49.0. The number of hydrogen-bond donors (Lipinski definition) is 10. The normalized spacial score (nSPS) is 53.4. The Morgan fingerprint density at radius 1 is 0.672 bits per heavy atom. The second kappa shape index (κ2) is 17.2. The van der Waals surface area contributed by atoms with Crippen LogP contribution in [0.2, 0.25) is 0 Å². The van der Waals surface area contributed by atoms with E-state index in [9.17, 15) is 55.9 Å². The fourth-order valence-electron chi connectivity index (χ4n) is 14.8. The zero-order valence-corrected chi connectivity index (χ0v) is 38.5. The van der Waals surface area contributed by atoms with Crippen molar-refractivity contribution in [3.8, 4) is 0 Å². The van der Waals surface area contributed by atoms with Gasteiger partial charge in [0.2, 0.25) is 6.29 Å². The Kier molecular flexibility index (Phi) is 13.2. The van der Waals surface area contributed by atoms with Crippen molar-refractivity contribution in [3.63, 3.8) is 0 Å². The van der Waals surface area contributed by atoms with Crippen molar-refractivity contribution < 1.29 is 84.3 Å². The van der Waals surface area contributed by atoms with Crippen LogP contribution >= 0.6 is 0 Å². The molecule has 366 valence electrons. The molecule has 8 aliphatic rings. The van der Waals surface area contributed by atoms with Gasteiger partial charge in [0.05, 0.1) is 31.3 Å². The fourth-order valence-corrected chi connectivity index (χ4v) is 14.8. The summed E-state index contributed by atoms with van der Waals surface area (Å²) in [6.07, 6.45) is -10.9. The monoisotopic (exact) mass is 913 g/mol. The molecule has 0 radical (unpaired) electrons. The number of carbonyl (C=O) groups excluding carboxylic acids is 1. The number of hydrogen-bond acceptors (Lipinski definition) is 17. The zero-order valence-electron chi connectivity index (χ0n) is 38.5. The van der Waals surface area contributed by atoms with Gasteiger partial charge in [-0.05, 0) is 109 Å². The summed E-state index contributed by atoms with van der Waals surface area (Å²) in [5.41, 5.74) is -0.434. The number of ether oxygens (including phenoxy) is 6. The third-order valence-corrected chi connectivity index (χ3v) is 18.9. The van der Waals surface area contributed by atoms with Gasteiger partial charge in [0.1, 0.15) is 67.1 Å². The fraction of sp³-hybridized carbons (Fsp3) is 0.936. The van der Waals surface area contributed by atoms with Crippen LogP contribution in [0.5, 0.6) is 0 Å². The van der Waals surface area contributed by atoms with Gasteiger partial charge in [-0.2, -0.15) is 0 Å². The van der Waals surface area contributed by atoms with Crippen LogP contribution in [-0.4, -0.2) is 169 Å². The first-order valence-corrected chi connectivity index (χ1v) is 23.7. The molecule has 7 fully saturated rings. The lowest BCUT2D eigenvalue weighted by Crippen LogP contribution is -2.66. The molecule has 0 aromatic carbocycles. The lowest BCUT2D eigenvalue weighted by Gasteiger charge is -2.71. The molecule has 3 aliphatic heterocycles. The smallest absolute Gasteiger partial charge is 0.315 e. The Morgan fingerprint density at radius 2 is 1.28 bits per heavy atom. The third-order valence-electron chi connectivity index (χ3n) is 18.9. The standard InChI is InChI=1S/C47H76O17/c1-42(2)14-16-47(41(58)64-40-35(56)33(54)31(52)26(20-49)61-40)17-15-45(6)22(23(47)18-42)8-9-28-44(5)12-11-29(43(3,4)27(44)10-13-46(28,45)7)62-38-36(57)37(24(50)21-59-38)63-39-34(55)32(53)30(51)25(19-48)60-39/h8,23-40,48-57H,9-21H2,1-7H3/t23-,24-,25+,26+,27?,28+,29-,30-,31+,32-,33-,34+,35+,36+,37-,38-,39-,40-,44-,45+,46+,47-/m0/s1. The average Bonchev–Trinajstić information content (AvgIpc) is 3.24. The van der Waals surface area contributed by atoms with Gasteiger partial charge in [0.15, 0.2) is 12.6 Å². The molecular weight excluding hydrogens is 836 g/mol.